The molecule has 13 heteroatoms. The molecule has 10 N–H and O–H groups in total. The third kappa shape index (κ3) is 13.5. The molecule has 4 amide bonds. The molecule has 178 valence electrons. The third-order valence-electron chi connectivity index (χ3n) is 4.29. The zero-order chi connectivity index (χ0) is 23.8. The van der Waals surface area contributed by atoms with Crippen LogP contribution in [0.15, 0.2) is 0 Å². The summed E-state index contributed by atoms with van der Waals surface area (Å²) in [6, 6.07) is -3.02. The standard InChI is InChI=1S/C18H34N6O6S/c1-31-9-7-12(24-16(27)11(20)5-6-14(21)25)17(28)22-10-15(26)23-13(18(29)30)4-2-3-8-19/h11-13H,2-10,19-20H2,1H3,(H2,21,25)(H,22,28)(H,23,26)(H,24,27)(H,29,30). The van der Waals surface area contributed by atoms with E-state index in [1.54, 1.807) is 0 Å². The van der Waals surface area contributed by atoms with Crippen molar-refractivity contribution in [3.05, 3.63) is 0 Å². The number of hydrogen-bond donors (Lipinski definition) is 7. The van der Waals surface area contributed by atoms with E-state index in [0.717, 1.165) is 0 Å². The maximum absolute atomic E-state index is 12.4. The molecule has 12 nitrogen and oxygen atoms in total. The van der Waals surface area contributed by atoms with Gasteiger partial charge in [-0.05, 0) is 50.7 Å². The van der Waals surface area contributed by atoms with E-state index >= 15 is 0 Å². The second kappa shape index (κ2) is 16.3. The van der Waals surface area contributed by atoms with Crippen LogP contribution >= 0.6 is 11.8 Å². The van der Waals surface area contributed by atoms with Crippen molar-refractivity contribution < 1.29 is 29.1 Å². The normalized spacial score (nSPS) is 13.5. The number of hydrogen-bond acceptors (Lipinski definition) is 8. The fourth-order valence-electron chi connectivity index (χ4n) is 2.50. The van der Waals surface area contributed by atoms with Gasteiger partial charge in [0.1, 0.15) is 12.1 Å². The Morgan fingerprint density at radius 2 is 1.65 bits per heavy atom. The molecular formula is C18H34N6O6S. The van der Waals surface area contributed by atoms with Gasteiger partial charge in [0.25, 0.3) is 0 Å². The van der Waals surface area contributed by atoms with Crippen molar-refractivity contribution in [1.29, 1.82) is 0 Å². The molecule has 0 aliphatic rings. The Hall–Kier alpha value is -2.38. The molecule has 3 atom stereocenters. The molecule has 0 aromatic rings. The van der Waals surface area contributed by atoms with Crippen LogP contribution in [0, 0.1) is 0 Å². The monoisotopic (exact) mass is 462 g/mol. The average Bonchev–Trinajstić information content (AvgIpc) is 2.72. The van der Waals surface area contributed by atoms with Crippen LogP contribution in [0.2, 0.25) is 0 Å². The number of primary amides is 1. The van der Waals surface area contributed by atoms with Crippen molar-refractivity contribution >= 4 is 41.4 Å². The highest BCUT2D eigenvalue weighted by molar-refractivity contribution is 7.98. The number of amides is 4. The van der Waals surface area contributed by atoms with E-state index < -0.39 is 54.3 Å². The van der Waals surface area contributed by atoms with Gasteiger partial charge in [-0.25, -0.2) is 4.79 Å². The number of carboxylic acids is 1. The fourth-order valence-corrected chi connectivity index (χ4v) is 2.97. The molecule has 0 rings (SSSR count). The summed E-state index contributed by atoms with van der Waals surface area (Å²) in [7, 11) is 0. The Morgan fingerprint density at radius 1 is 0.968 bits per heavy atom. The quantitative estimate of drug-likeness (QED) is 0.115. The van der Waals surface area contributed by atoms with Gasteiger partial charge in [0.2, 0.25) is 23.6 Å². The van der Waals surface area contributed by atoms with E-state index in [0.29, 0.717) is 31.6 Å². The van der Waals surface area contributed by atoms with Crippen LogP contribution in [0.1, 0.15) is 38.5 Å². The van der Waals surface area contributed by atoms with Crippen molar-refractivity contribution in [2.45, 2.75) is 56.7 Å². The summed E-state index contributed by atoms with van der Waals surface area (Å²) in [5.41, 5.74) is 16.1. The van der Waals surface area contributed by atoms with Crippen LogP contribution < -0.4 is 33.2 Å². The summed E-state index contributed by atoms with van der Waals surface area (Å²) in [5.74, 6) is -3.09. The minimum Gasteiger partial charge on any atom is -0.480 e. The van der Waals surface area contributed by atoms with E-state index in [1.165, 1.54) is 11.8 Å². The zero-order valence-electron chi connectivity index (χ0n) is 17.7. The SMILES string of the molecule is CSCCC(NC(=O)C(N)CCC(N)=O)C(=O)NCC(=O)NC(CCCCN)C(=O)O. The summed E-state index contributed by atoms with van der Waals surface area (Å²) >= 11 is 1.47. The zero-order valence-corrected chi connectivity index (χ0v) is 18.5. The average molecular weight is 463 g/mol. The lowest BCUT2D eigenvalue weighted by Gasteiger charge is -2.21. The second-order valence-electron chi connectivity index (χ2n) is 6.91. The molecule has 0 saturated carbocycles. The van der Waals surface area contributed by atoms with Crippen LogP contribution in [0.25, 0.3) is 0 Å². The first kappa shape index (κ1) is 28.6. The van der Waals surface area contributed by atoms with Crippen LogP contribution in [-0.4, -0.2) is 77.9 Å². The topological polar surface area (TPSA) is 220 Å². The van der Waals surface area contributed by atoms with E-state index in [1.807, 2.05) is 6.26 Å². The van der Waals surface area contributed by atoms with Crippen LogP contribution in [-0.2, 0) is 24.0 Å². The highest BCUT2D eigenvalue weighted by atomic mass is 32.2. The Bertz CT molecular complexity index is 620. The number of nitrogens with two attached hydrogens (primary N) is 3. The Balaban J connectivity index is 4.74. The highest BCUT2D eigenvalue weighted by Gasteiger charge is 2.25. The molecule has 0 aliphatic heterocycles. The molecule has 0 fully saturated rings. The van der Waals surface area contributed by atoms with Crippen LogP contribution in [0.5, 0.6) is 0 Å². The van der Waals surface area contributed by atoms with E-state index in [2.05, 4.69) is 16.0 Å². The molecule has 0 bridgehead atoms. The number of rotatable bonds is 17. The number of carbonyl (C=O) groups is 5. The molecule has 0 aromatic carbocycles. The molecular weight excluding hydrogens is 428 g/mol. The van der Waals surface area contributed by atoms with Crippen LogP contribution in [0.4, 0.5) is 0 Å². The van der Waals surface area contributed by atoms with Gasteiger partial charge in [-0.1, -0.05) is 0 Å². The second-order valence-corrected chi connectivity index (χ2v) is 7.90. The predicted octanol–water partition coefficient (Wildman–Crippen LogP) is -2.37. The maximum atomic E-state index is 12.4. The van der Waals surface area contributed by atoms with Gasteiger partial charge in [-0.3, -0.25) is 19.2 Å². The highest BCUT2D eigenvalue weighted by Crippen LogP contribution is 2.03. The van der Waals surface area contributed by atoms with Crippen molar-refractivity contribution in [2.24, 2.45) is 17.2 Å². The number of thioether (sulfide) groups is 1. The van der Waals surface area contributed by atoms with Gasteiger partial charge in [0, 0.05) is 6.42 Å². The van der Waals surface area contributed by atoms with Crippen molar-refractivity contribution in [3.63, 3.8) is 0 Å². The Labute approximate surface area is 185 Å². The van der Waals surface area contributed by atoms with Gasteiger partial charge in [-0.15, -0.1) is 0 Å². The molecule has 0 saturated heterocycles. The summed E-state index contributed by atoms with van der Waals surface area (Å²) in [5, 5.41) is 16.4. The Kier molecular flexibility index (Phi) is 15.1. The maximum Gasteiger partial charge on any atom is 0.326 e. The number of unbranched alkanes of at least 4 members (excludes halogenated alkanes) is 1. The molecule has 0 radical (unpaired) electrons. The summed E-state index contributed by atoms with van der Waals surface area (Å²) < 4.78 is 0. The minimum atomic E-state index is -1.17. The third-order valence-corrected chi connectivity index (χ3v) is 4.93. The van der Waals surface area contributed by atoms with E-state index in [9.17, 15) is 29.1 Å². The lowest BCUT2D eigenvalue weighted by Crippen LogP contribution is -2.53. The smallest absolute Gasteiger partial charge is 0.326 e. The first-order valence-electron chi connectivity index (χ1n) is 9.95. The molecule has 31 heavy (non-hydrogen) atoms. The Morgan fingerprint density at radius 3 is 2.19 bits per heavy atom. The predicted molar refractivity (Wildman–Crippen MR) is 117 cm³/mol. The van der Waals surface area contributed by atoms with Gasteiger partial charge >= 0.3 is 5.97 Å². The van der Waals surface area contributed by atoms with Crippen molar-refractivity contribution in [2.75, 3.05) is 25.1 Å². The molecule has 3 unspecified atom stereocenters. The van der Waals surface area contributed by atoms with Gasteiger partial charge in [-0.2, -0.15) is 11.8 Å². The van der Waals surface area contributed by atoms with E-state index in [4.69, 9.17) is 17.2 Å². The minimum absolute atomic E-state index is 0.0428. The summed E-state index contributed by atoms with van der Waals surface area (Å²) in [6.07, 6.45) is 3.50. The summed E-state index contributed by atoms with van der Waals surface area (Å²) in [6.45, 7) is -0.0233. The van der Waals surface area contributed by atoms with Crippen molar-refractivity contribution in [1.82, 2.24) is 16.0 Å². The molecule has 0 heterocycles. The van der Waals surface area contributed by atoms with Gasteiger partial charge in [0.05, 0.1) is 12.6 Å². The lowest BCUT2D eigenvalue weighted by molar-refractivity contribution is -0.142. The first-order valence-corrected chi connectivity index (χ1v) is 11.3. The van der Waals surface area contributed by atoms with Crippen molar-refractivity contribution in [3.8, 4) is 0 Å². The number of nitrogens with one attached hydrogen (secondary N) is 3. The fraction of sp³-hybridized carbons (Fsp3) is 0.722. The van der Waals surface area contributed by atoms with Crippen LogP contribution in [0.3, 0.4) is 0 Å². The molecule has 0 spiro atoms. The number of carbonyl (C=O) groups excluding carboxylic acids is 4. The van der Waals surface area contributed by atoms with E-state index in [-0.39, 0.29) is 19.3 Å². The van der Waals surface area contributed by atoms with Gasteiger partial charge in [0.15, 0.2) is 0 Å². The van der Waals surface area contributed by atoms with Gasteiger partial charge < -0.3 is 38.3 Å². The lowest BCUT2D eigenvalue weighted by atomic mass is 10.1. The number of aliphatic carboxylic acids is 1. The largest absolute Gasteiger partial charge is 0.480 e. The number of carboxylic acid groups (broad SMARTS) is 1. The molecule has 0 aromatic heterocycles. The first-order chi connectivity index (χ1) is 14.6. The molecule has 0 aliphatic carbocycles. The summed E-state index contributed by atoms with van der Waals surface area (Å²) in [4.78, 5) is 58.8.